The lowest BCUT2D eigenvalue weighted by molar-refractivity contribution is -0.143. The predicted octanol–water partition coefficient (Wildman–Crippen LogP) is 2.55. The van der Waals surface area contributed by atoms with Gasteiger partial charge in [-0.05, 0) is 31.0 Å². The molecule has 0 fully saturated rings. The molecule has 19 heavy (non-hydrogen) atoms. The number of nitriles is 1. The van der Waals surface area contributed by atoms with Crippen LogP contribution in [0.2, 0.25) is 0 Å². The second-order valence-electron chi connectivity index (χ2n) is 4.38. The molecule has 0 spiro atoms. The van der Waals surface area contributed by atoms with Crippen LogP contribution in [0.1, 0.15) is 24.5 Å². The van der Waals surface area contributed by atoms with E-state index < -0.39 is 0 Å². The molecule has 1 heterocycles. The standard InChI is InChI=1S/C15H16N2O2/c1-3-19-14(18)7-6-11-4-5-12(10-16)13-8-9-17(2)15(11)13/h4-5,8-9H,3,6-7H2,1-2H3. The van der Waals surface area contributed by atoms with Gasteiger partial charge in [0.15, 0.2) is 0 Å². The Bertz CT molecular complexity index is 650. The highest BCUT2D eigenvalue weighted by Crippen LogP contribution is 2.24. The topological polar surface area (TPSA) is 55.0 Å². The molecule has 1 aromatic carbocycles. The van der Waals surface area contributed by atoms with E-state index in [2.05, 4.69) is 6.07 Å². The van der Waals surface area contributed by atoms with Crippen LogP contribution in [0.3, 0.4) is 0 Å². The summed E-state index contributed by atoms with van der Waals surface area (Å²) in [5.41, 5.74) is 2.74. The fourth-order valence-electron chi connectivity index (χ4n) is 2.27. The van der Waals surface area contributed by atoms with Gasteiger partial charge in [-0.25, -0.2) is 0 Å². The van der Waals surface area contributed by atoms with Crippen LogP contribution in [0.4, 0.5) is 0 Å². The second kappa shape index (κ2) is 5.57. The molecule has 0 saturated heterocycles. The molecule has 0 saturated carbocycles. The summed E-state index contributed by atoms with van der Waals surface area (Å²) in [6.07, 6.45) is 2.91. The third-order valence-electron chi connectivity index (χ3n) is 3.14. The van der Waals surface area contributed by atoms with Crippen molar-refractivity contribution in [1.82, 2.24) is 4.57 Å². The number of aromatic nitrogens is 1. The molecule has 0 bridgehead atoms. The van der Waals surface area contributed by atoms with Crippen LogP contribution in [-0.2, 0) is 23.0 Å². The highest BCUT2D eigenvalue weighted by Gasteiger charge is 2.11. The first-order valence-electron chi connectivity index (χ1n) is 6.30. The number of benzene rings is 1. The van der Waals surface area contributed by atoms with Crippen LogP contribution in [0.5, 0.6) is 0 Å². The Balaban J connectivity index is 2.32. The molecule has 0 N–H and O–H groups in total. The zero-order valence-electron chi connectivity index (χ0n) is 11.1. The number of rotatable bonds is 4. The summed E-state index contributed by atoms with van der Waals surface area (Å²) in [4.78, 5) is 11.4. The van der Waals surface area contributed by atoms with Crippen LogP contribution >= 0.6 is 0 Å². The molecule has 0 unspecified atom stereocenters. The van der Waals surface area contributed by atoms with Crippen molar-refractivity contribution in [3.8, 4) is 6.07 Å². The minimum atomic E-state index is -0.186. The lowest BCUT2D eigenvalue weighted by Gasteiger charge is -2.07. The Kier molecular flexibility index (Phi) is 3.86. The Morgan fingerprint density at radius 3 is 2.89 bits per heavy atom. The number of carbonyl (C=O) groups excluding carboxylic acids is 1. The van der Waals surface area contributed by atoms with Crippen LogP contribution in [-0.4, -0.2) is 17.1 Å². The largest absolute Gasteiger partial charge is 0.466 e. The van der Waals surface area contributed by atoms with Crippen molar-refractivity contribution in [3.63, 3.8) is 0 Å². The highest BCUT2D eigenvalue weighted by molar-refractivity contribution is 5.89. The van der Waals surface area contributed by atoms with Gasteiger partial charge in [0.05, 0.1) is 23.8 Å². The van der Waals surface area contributed by atoms with Crippen molar-refractivity contribution >= 4 is 16.9 Å². The number of ether oxygens (including phenoxy) is 1. The van der Waals surface area contributed by atoms with E-state index in [4.69, 9.17) is 10.00 Å². The van der Waals surface area contributed by atoms with E-state index in [1.165, 1.54) is 0 Å². The Morgan fingerprint density at radius 2 is 2.21 bits per heavy atom. The average molecular weight is 256 g/mol. The van der Waals surface area contributed by atoms with E-state index in [1.54, 1.807) is 6.92 Å². The molecule has 0 radical (unpaired) electrons. The van der Waals surface area contributed by atoms with Gasteiger partial charge < -0.3 is 9.30 Å². The quantitative estimate of drug-likeness (QED) is 0.790. The Labute approximate surface area is 112 Å². The van der Waals surface area contributed by atoms with Crippen molar-refractivity contribution in [2.75, 3.05) is 6.61 Å². The van der Waals surface area contributed by atoms with Crippen LogP contribution in [0.25, 0.3) is 10.9 Å². The van der Waals surface area contributed by atoms with E-state index in [-0.39, 0.29) is 5.97 Å². The Hall–Kier alpha value is -2.28. The molecular weight excluding hydrogens is 240 g/mol. The first-order chi connectivity index (χ1) is 9.17. The number of nitrogens with zero attached hydrogens (tertiary/aromatic N) is 2. The molecule has 0 aliphatic rings. The normalized spacial score (nSPS) is 10.4. The first kappa shape index (κ1) is 13.2. The molecule has 4 heteroatoms. The van der Waals surface area contributed by atoms with Crippen LogP contribution in [0, 0.1) is 11.3 Å². The number of esters is 1. The number of fused-ring (bicyclic) bond motifs is 1. The predicted molar refractivity (Wildman–Crippen MR) is 72.6 cm³/mol. The molecule has 98 valence electrons. The van der Waals surface area contributed by atoms with Gasteiger partial charge in [0.25, 0.3) is 0 Å². The van der Waals surface area contributed by atoms with Gasteiger partial charge in [-0.2, -0.15) is 5.26 Å². The number of aryl methyl sites for hydroxylation is 2. The minimum Gasteiger partial charge on any atom is -0.466 e. The maximum absolute atomic E-state index is 11.4. The molecule has 0 amide bonds. The molecule has 0 atom stereocenters. The fourth-order valence-corrected chi connectivity index (χ4v) is 2.27. The van der Waals surface area contributed by atoms with Crippen molar-refractivity contribution < 1.29 is 9.53 Å². The number of carbonyl (C=O) groups is 1. The van der Waals surface area contributed by atoms with E-state index >= 15 is 0 Å². The molecule has 4 nitrogen and oxygen atoms in total. The molecule has 1 aromatic heterocycles. The molecule has 0 aliphatic heterocycles. The summed E-state index contributed by atoms with van der Waals surface area (Å²) < 4.78 is 6.92. The number of hydrogen-bond donors (Lipinski definition) is 0. The molecule has 2 rings (SSSR count). The number of hydrogen-bond acceptors (Lipinski definition) is 3. The Morgan fingerprint density at radius 1 is 1.42 bits per heavy atom. The van der Waals surface area contributed by atoms with E-state index in [0.717, 1.165) is 16.5 Å². The maximum atomic E-state index is 11.4. The third kappa shape index (κ3) is 2.60. The third-order valence-corrected chi connectivity index (χ3v) is 3.14. The van der Waals surface area contributed by atoms with Crippen molar-refractivity contribution in [2.45, 2.75) is 19.8 Å². The lowest BCUT2D eigenvalue weighted by atomic mass is 10.0. The van der Waals surface area contributed by atoms with E-state index in [1.807, 2.05) is 36.0 Å². The average Bonchev–Trinajstić information content (AvgIpc) is 2.79. The van der Waals surface area contributed by atoms with Crippen molar-refractivity contribution in [2.24, 2.45) is 7.05 Å². The summed E-state index contributed by atoms with van der Waals surface area (Å²) >= 11 is 0. The smallest absolute Gasteiger partial charge is 0.306 e. The van der Waals surface area contributed by atoms with Crippen LogP contribution < -0.4 is 0 Å². The van der Waals surface area contributed by atoms with Gasteiger partial charge in [0.2, 0.25) is 0 Å². The van der Waals surface area contributed by atoms with Crippen LogP contribution in [0.15, 0.2) is 24.4 Å². The van der Waals surface area contributed by atoms with Gasteiger partial charge in [-0.1, -0.05) is 6.07 Å². The highest BCUT2D eigenvalue weighted by atomic mass is 16.5. The van der Waals surface area contributed by atoms with E-state index in [0.29, 0.717) is 25.0 Å². The zero-order chi connectivity index (χ0) is 13.8. The summed E-state index contributed by atoms with van der Waals surface area (Å²) in [5, 5.41) is 10.0. The fraction of sp³-hybridized carbons (Fsp3) is 0.333. The first-order valence-corrected chi connectivity index (χ1v) is 6.30. The van der Waals surface area contributed by atoms with E-state index in [9.17, 15) is 4.79 Å². The molecule has 2 aromatic rings. The maximum Gasteiger partial charge on any atom is 0.306 e. The minimum absolute atomic E-state index is 0.186. The second-order valence-corrected chi connectivity index (χ2v) is 4.38. The zero-order valence-corrected chi connectivity index (χ0v) is 11.1. The summed E-state index contributed by atoms with van der Waals surface area (Å²) in [6.45, 7) is 2.21. The van der Waals surface area contributed by atoms with Gasteiger partial charge >= 0.3 is 5.97 Å². The summed E-state index contributed by atoms with van der Waals surface area (Å²) in [6, 6.07) is 7.85. The SMILES string of the molecule is CCOC(=O)CCc1ccc(C#N)c2ccn(C)c12. The van der Waals surface area contributed by atoms with Crippen molar-refractivity contribution in [3.05, 3.63) is 35.5 Å². The molecule has 0 aliphatic carbocycles. The lowest BCUT2D eigenvalue weighted by Crippen LogP contribution is -2.06. The van der Waals surface area contributed by atoms with Gasteiger partial charge in [0.1, 0.15) is 0 Å². The summed E-state index contributed by atoms with van der Waals surface area (Å²) in [5.74, 6) is -0.186. The van der Waals surface area contributed by atoms with Gasteiger partial charge in [-0.15, -0.1) is 0 Å². The van der Waals surface area contributed by atoms with Gasteiger partial charge in [0, 0.05) is 25.1 Å². The molecular formula is C15H16N2O2. The monoisotopic (exact) mass is 256 g/mol. The summed E-state index contributed by atoms with van der Waals surface area (Å²) in [7, 11) is 1.94. The van der Waals surface area contributed by atoms with Crippen molar-refractivity contribution in [1.29, 1.82) is 5.26 Å². The van der Waals surface area contributed by atoms with Gasteiger partial charge in [-0.3, -0.25) is 4.79 Å².